The maximum absolute atomic E-state index is 12.5. The van der Waals surface area contributed by atoms with Crippen molar-refractivity contribution >= 4 is 11.8 Å². The number of ether oxygens (including phenoxy) is 1. The molecular weight excluding hydrogens is 306 g/mol. The predicted molar refractivity (Wildman–Crippen MR) is 88.2 cm³/mol. The molecule has 1 atom stereocenters. The van der Waals surface area contributed by atoms with E-state index in [4.69, 9.17) is 10.5 Å². The molecule has 0 spiro atoms. The van der Waals surface area contributed by atoms with Gasteiger partial charge in [-0.3, -0.25) is 9.59 Å². The second-order valence-electron chi connectivity index (χ2n) is 5.80. The van der Waals surface area contributed by atoms with E-state index < -0.39 is 0 Å². The number of hydrogen-bond donors (Lipinski definition) is 1. The molecule has 6 nitrogen and oxygen atoms in total. The number of rotatable bonds is 5. The van der Waals surface area contributed by atoms with Crippen molar-refractivity contribution in [1.82, 2.24) is 9.88 Å². The topological polar surface area (TPSA) is 85.5 Å². The lowest BCUT2D eigenvalue weighted by Crippen LogP contribution is -2.31. The minimum Gasteiger partial charge on any atom is -0.473 e. The Morgan fingerprint density at radius 2 is 2.04 bits per heavy atom. The van der Waals surface area contributed by atoms with Crippen LogP contribution in [-0.2, 0) is 11.4 Å². The maximum atomic E-state index is 12.5. The van der Waals surface area contributed by atoms with Crippen LogP contribution in [0.25, 0.3) is 0 Å². The summed E-state index contributed by atoms with van der Waals surface area (Å²) in [6.45, 7) is 1.30. The van der Waals surface area contributed by atoms with Crippen LogP contribution < -0.4 is 10.5 Å². The Morgan fingerprint density at radius 3 is 2.75 bits per heavy atom. The molecule has 0 bridgehead atoms. The number of carbonyl (C=O) groups excluding carboxylic acids is 2. The third-order valence-corrected chi connectivity index (χ3v) is 4.09. The summed E-state index contributed by atoms with van der Waals surface area (Å²) in [5.41, 5.74) is 6.84. The first-order chi connectivity index (χ1) is 11.6. The van der Waals surface area contributed by atoms with Crippen molar-refractivity contribution < 1.29 is 14.3 Å². The van der Waals surface area contributed by atoms with Gasteiger partial charge in [-0.05, 0) is 18.1 Å². The fraction of sp³-hybridized carbons (Fsp3) is 0.278. The second-order valence-corrected chi connectivity index (χ2v) is 5.80. The number of likely N-dealkylation sites (tertiary alicyclic amines) is 1. The Bertz CT molecular complexity index is 733. The highest BCUT2D eigenvalue weighted by Gasteiger charge is 2.30. The first-order valence-corrected chi connectivity index (χ1v) is 7.85. The van der Waals surface area contributed by atoms with Crippen molar-refractivity contribution in [2.75, 3.05) is 13.1 Å². The summed E-state index contributed by atoms with van der Waals surface area (Å²) in [5, 5.41) is 0. The SMILES string of the molecule is NC(=O)[C@@H]1CCN(C(=O)c2ccnc(OCc3ccccc3)c2)C1. The molecule has 3 rings (SSSR count). The van der Waals surface area contributed by atoms with E-state index in [1.807, 2.05) is 30.3 Å². The Hall–Kier alpha value is -2.89. The van der Waals surface area contributed by atoms with Gasteiger partial charge in [0.1, 0.15) is 6.61 Å². The van der Waals surface area contributed by atoms with Crippen LogP contribution in [0.1, 0.15) is 22.3 Å². The summed E-state index contributed by atoms with van der Waals surface area (Å²) in [6, 6.07) is 13.0. The number of primary amides is 1. The maximum Gasteiger partial charge on any atom is 0.254 e. The van der Waals surface area contributed by atoms with Crippen LogP contribution in [0.4, 0.5) is 0 Å². The van der Waals surface area contributed by atoms with Crippen molar-refractivity contribution in [2.24, 2.45) is 11.7 Å². The average Bonchev–Trinajstić information content (AvgIpc) is 3.11. The summed E-state index contributed by atoms with van der Waals surface area (Å²) in [4.78, 5) is 29.6. The van der Waals surface area contributed by atoms with Crippen LogP contribution in [-0.4, -0.2) is 34.8 Å². The largest absolute Gasteiger partial charge is 0.473 e. The zero-order chi connectivity index (χ0) is 16.9. The first kappa shape index (κ1) is 16.0. The Morgan fingerprint density at radius 1 is 1.25 bits per heavy atom. The van der Waals surface area contributed by atoms with Crippen LogP contribution in [0.5, 0.6) is 5.88 Å². The van der Waals surface area contributed by atoms with Crippen molar-refractivity contribution in [3.8, 4) is 5.88 Å². The van der Waals surface area contributed by atoms with Crippen molar-refractivity contribution in [3.63, 3.8) is 0 Å². The van der Waals surface area contributed by atoms with Crippen LogP contribution >= 0.6 is 0 Å². The Balaban J connectivity index is 1.64. The number of carbonyl (C=O) groups is 2. The highest BCUT2D eigenvalue weighted by Crippen LogP contribution is 2.20. The molecule has 24 heavy (non-hydrogen) atoms. The normalized spacial score (nSPS) is 16.8. The summed E-state index contributed by atoms with van der Waals surface area (Å²) >= 11 is 0. The molecule has 124 valence electrons. The van der Waals surface area contributed by atoms with E-state index in [1.54, 1.807) is 23.2 Å². The number of amides is 2. The van der Waals surface area contributed by atoms with Crippen LogP contribution in [0.15, 0.2) is 48.7 Å². The van der Waals surface area contributed by atoms with E-state index in [-0.39, 0.29) is 17.7 Å². The summed E-state index contributed by atoms with van der Waals surface area (Å²) in [7, 11) is 0. The number of nitrogens with two attached hydrogens (primary N) is 1. The van der Waals surface area contributed by atoms with Gasteiger partial charge < -0.3 is 15.4 Å². The lowest BCUT2D eigenvalue weighted by Gasteiger charge is -2.16. The van der Waals surface area contributed by atoms with Gasteiger partial charge in [0.25, 0.3) is 5.91 Å². The van der Waals surface area contributed by atoms with Gasteiger partial charge in [0, 0.05) is 30.9 Å². The van der Waals surface area contributed by atoms with Gasteiger partial charge in [0.15, 0.2) is 0 Å². The number of pyridine rings is 1. The van der Waals surface area contributed by atoms with Gasteiger partial charge in [-0.25, -0.2) is 4.98 Å². The van der Waals surface area contributed by atoms with Crippen molar-refractivity contribution in [1.29, 1.82) is 0 Å². The second kappa shape index (κ2) is 7.12. The van der Waals surface area contributed by atoms with Gasteiger partial charge in [-0.2, -0.15) is 0 Å². The van der Waals surface area contributed by atoms with Crippen molar-refractivity contribution in [2.45, 2.75) is 13.0 Å². The molecule has 2 amide bonds. The molecule has 1 aliphatic rings. The van der Waals surface area contributed by atoms with Gasteiger partial charge >= 0.3 is 0 Å². The predicted octanol–water partition coefficient (Wildman–Crippen LogP) is 1.61. The fourth-order valence-electron chi connectivity index (χ4n) is 2.71. The number of hydrogen-bond acceptors (Lipinski definition) is 4. The molecule has 0 saturated carbocycles. The highest BCUT2D eigenvalue weighted by atomic mass is 16.5. The summed E-state index contributed by atoms with van der Waals surface area (Å²) in [6.07, 6.45) is 2.17. The fourth-order valence-corrected chi connectivity index (χ4v) is 2.71. The molecule has 1 saturated heterocycles. The van der Waals surface area contributed by atoms with E-state index in [2.05, 4.69) is 4.98 Å². The van der Waals surface area contributed by atoms with Gasteiger partial charge in [0.05, 0.1) is 5.92 Å². The highest BCUT2D eigenvalue weighted by molar-refractivity contribution is 5.95. The van der Waals surface area contributed by atoms with Gasteiger partial charge in [-0.15, -0.1) is 0 Å². The zero-order valence-corrected chi connectivity index (χ0v) is 13.2. The number of nitrogens with zero attached hydrogens (tertiary/aromatic N) is 2. The third-order valence-electron chi connectivity index (χ3n) is 4.09. The van der Waals surface area contributed by atoms with Gasteiger partial charge in [0.2, 0.25) is 11.8 Å². The molecule has 2 heterocycles. The monoisotopic (exact) mass is 325 g/mol. The third kappa shape index (κ3) is 3.71. The molecule has 0 unspecified atom stereocenters. The van der Waals surface area contributed by atoms with E-state index in [1.165, 1.54) is 0 Å². The van der Waals surface area contributed by atoms with E-state index >= 15 is 0 Å². The molecule has 1 fully saturated rings. The lowest BCUT2D eigenvalue weighted by atomic mass is 10.1. The molecule has 1 aromatic heterocycles. The van der Waals surface area contributed by atoms with Crippen LogP contribution in [0, 0.1) is 5.92 Å². The van der Waals surface area contributed by atoms with E-state index in [0.717, 1.165) is 5.56 Å². The van der Waals surface area contributed by atoms with E-state index in [0.29, 0.717) is 37.6 Å². The van der Waals surface area contributed by atoms with Crippen LogP contribution in [0.3, 0.4) is 0 Å². The zero-order valence-electron chi connectivity index (χ0n) is 13.2. The molecule has 2 aromatic rings. The summed E-state index contributed by atoms with van der Waals surface area (Å²) < 4.78 is 5.65. The number of aromatic nitrogens is 1. The lowest BCUT2D eigenvalue weighted by molar-refractivity contribution is -0.121. The minimum absolute atomic E-state index is 0.134. The molecular formula is C18H19N3O3. The molecule has 1 aromatic carbocycles. The average molecular weight is 325 g/mol. The van der Waals surface area contributed by atoms with Crippen molar-refractivity contribution in [3.05, 3.63) is 59.8 Å². The van der Waals surface area contributed by atoms with E-state index in [9.17, 15) is 9.59 Å². The summed E-state index contributed by atoms with van der Waals surface area (Å²) in [5.74, 6) is -0.349. The number of benzene rings is 1. The Kier molecular flexibility index (Phi) is 4.74. The first-order valence-electron chi connectivity index (χ1n) is 7.85. The molecule has 6 heteroatoms. The molecule has 1 aliphatic heterocycles. The smallest absolute Gasteiger partial charge is 0.254 e. The minimum atomic E-state index is -0.355. The van der Waals surface area contributed by atoms with Gasteiger partial charge in [-0.1, -0.05) is 30.3 Å². The molecule has 2 N–H and O–H groups in total. The molecule has 0 aliphatic carbocycles. The molecule has 0 radical (unpaired) electrons. The standard InChI is InChI=1S/C18H19N3O3/c19-17(22)15-7-9-21(11-15)18(23)14-6-8-20-16(10-14)24-12-13-4-2-1-3-5-13/h1-6,8,10,15H,7,9,11-12H2,(H2,19,22)/t15-/m1/s1. The quantitative estimate of drug-likeness (QED) is 0.905. The van der Waals surface area contributed by atoms with Crippen LogP contribution in [0.2, 0.25) is 0 Å². The Labute approximate surface area is 140 Å².